The number of nitrogens with zero attached hydrogens (tertiary/aromatic N) is 2. The lowest BCUT2D eigenvalue weighted by atomic mass is 9.96. The number of nitrogens with two attached hydrogens (primary N) is 1. The molecule has 0 spiro atoms. The average Bonchev–Trinajstić information content (AvgIpc) is 2.75. The zero-order valence-corrected chi connectivity index (χ0v) is 17.8. The van der Waals surface area contributed by atoms with Crippen LogP contribution >= 0.6 is 0 Å². The number of hydrogen-bond acceptors (Lipinski definition) is 4. The number of hydrogen-bond donors (Lipinski definition) is 2. The molecule has 5 nitrogen and oxygen atoms in total. The average molecular weight is 458 g/mol. The van der Waals surface area contributed by atoms with Gasteiger partial charge >= 0.3 is 0 Å². The number of carbonyl (C=O) groups excluding carboxylic acids is 1. The maximum absolute atomic E-state index is 15.2. The number of carbonyl (C=O) groups is 1. The predicted octanol–water partition coefficient (Wildman–Crippen LogP) is 4.73. The van der Waals surface area contributed by atoms with Crippen molar-refractivity contribution in [3.8, 4) is 11.1 Å². The quantitative estimate of drug-likeness (QED) is 0.555. The molecule has 1 aromatic heterocycles. The smallest absolute Gasteiger partial charge is 0.258 e. The summed E-state index contributed by atoms with van der Waals surface area (Å²) in [6.45, 7) is 3.35. The summed E-state index contributed by atoms with van der Waals surface area (Å²) in [4.78, 5) is 19.0. The third-order valence-corrected chi connectivity index (χ3v) is 5.63. The molecule has 0 saturated carbocycles. The van der Waals surface area contributed by atoms with Crippen LogP contribution in [0.5, 0.6) is 0 Å². The normalized spacial score (nSPS) is 18.3. The molecule has 33 heavy (non-hydrogen) atoms. The Hall–Kier alpha value is -3.46. The molecule has 1 aliphatic heterocycles. The van der Waals surface area contributed by atoms with Gasteiger partial charge in [-0.3, -0.25) is 9.78 Å². The van der Waals surface area contributed by atoms with Crippen LogP contribution in [0.1, 0.15) is 23.7 Å². The largest absolute Gasteiger partial charge is 0.368 e. The van der Waals surface area contributed by atoms with Crippen molar-refractivity contribution in [1.82, 2.24) is 4.98 Å². The molecular weight excluding hydrogens is 436 g/mol. The Morgan fingerprint density at radius 1 is 1.03 bits per heavy atom. The number of aromatic nitrogens is 1. The van der Waals surface area contributed by atoms with Crippen molar-refractivity contribution in [3.05, 3.63) is 77.6 Å². The Bertz CT molecular complexity index is 1170. The number of benzene rings is 2. The fraction of sp³-hybridized carbons (Fsp3) is 0.250. The van der Waals surface area contributed by atoms with Gasteiger partial charge in [-0.25, -0.2) is 17.6 Å². The van der Waals surface area contributed by atoms with Gasteiger partial charge in [0.05, 0.1) is 34.3 Å². The predicted molar refractivity (Wildman–Crippen MR) is 118 cm³/mol. The van der Waals surface area contributed by atoms with Crippen LogP contribution in [0.3, 0.4) is 0 Å². The van der Waals surface area contributed by atoms with Gasteiger partial charge in [-0.15, -0.1) is 0 Å². The summed E-state index contributed by atoms with van der Waals surface area (Å²) >= 11 is 0. The van der Waals surface area contributed by atoms with Gasteiger partial charge in [0.1, 0.15) is 23.3 Å². The minimum Gasteiger partial charge on any atom is -0.368 e. The summed E-state index contributed by atoms with van der Waals surface area (Å²) in [6, 6.07) is 6.25. The van der Waals surface area contributed by atoms with Gasteiger partial charge in [0.25, 0.3) is 5.91 Å². The molecule has 1 fully saturated rings. The monoisotopic (exact) mass is 458 g/mol. The molecule has 0 aliphatic carbocycles. The Balaban J connectivity index is 1.69. The van der Waals surface area contributed by atoms with Crippen molar-refractivity contribution >= 4 is 17.3 Å². The van der Waals surface area contributed by atoms with E-state index in [1.807, 2.05) is 4.90 Å². The van der Waals surface area contributed by atoms with E-state index in [9.17, 15) is 18.0 Å². The minimum atomic E-state index is -1.37. The molecule has 1 aliphatic rings. The standard InChI is InChI=1S/C24H22F4N4O/c1-13-9-14(29)12-32(11-13)20-7-8-30-10-19(20)31-24(33)15-5-6-18(27)22(23(15)28)21-16(25)3-2-4-17(21)26/h2-8,10,13-14H,9,11-12,29H2,1H3,(H,31,33)/t13-,14+/m1/s1. The van der Waals surface area contributed by atoms with E-state index in [0.29, 0.717) is 30.4 Å². The van der Waals surface area contributed by atoms with Gasteiger partial charge in [0.15, 0.2) is 0 Å². The Labute approximate surface area is 188 Å². The molecule has 1 saturated heterocycles. The molecule has 4 rings (SSSR count). The van der Waals surface area contributed by atoms with E-state index in [1.165, 1.54) is 6.20 Å². The van der Waals surface area contributed by atoms with Crippen molar-refractivity contribution in [2.45, 2.75) is 19.4 Å². The van der Waals surface area contributed by atoms with Gasteiger partial charge < -0.3 is 16.0 Å². The summed E-state index contributed by atoms with van der Waals surface area (Å²) in [5.74, 6) is -5.42. The van der Waals surface area contributed by atoms with Gasteiger partial charge in [0.2, 0.25) is 0 Å². The topological polar surface area (TPSA) is 71.2 Å². The first-order valence-electron chi connectivity index (χ1n) is 10.4. The molecule has 0 unspecified atom stereocenters. The highest BCUT2D eigenvalue weighted by Gasteiger charge is 2.27. The number of pyridine rings is 1. The van der Waals surface area contributed by atoms with E-state index in [4.69, 9.17) is 5.73 Å². The highest BCUT2D eigenvalue weighted by molar-refractivity contribution is 6.06. The van der Waals surface area contributed by atoms with E-state index in [-0.39, 0.29) is 6.04 Å². The summed E-state index contributed by atoms with van der Waals surface area (Å²) in [6.07, 6.45) is 3.85. The molecule has 2 atom stereocenters. The zero-order valence-electron chi connectivity index (χ0n) is 17.8. The summed E-state index contributed by atoms with van der Waals surface area (Å²) in [5, 5.41) is 2.59. The molecule has 0 radical (unpaired) electrons. The number of anilines is 2. The molecule has 9 heteroatoms. The van der Waals surface area contributed by atoms with Crippen LogP contribution in [0.2, 0.25) is 0 Å². The highest BCUT2D eigenvalue weighted by atomic mass is 19.1. The van der Waals surface area contributed by atoms with Gasteiger partial charge in [-0.1, -0.05) is 13.0 Å². The fourth-order valence-corrected chi connectivity index (χ4v) is 4.24. The van der Waals surface area contributed by atoms with Crippen LogP contribution in [-0.4, -0.2) is 30.0 Å². The second-order valence-electron chi connectivity index (χ2n) is 8.23. The number of rotatable bonds is 4. The Morgan fingerprint density at radius 3 is 2.42 bits per heavy atom. The van der Waals surface area contributed by atoms with Crippen LogP contribution in [0.25, 0.3) is 11.1 Å². The second kappa shape index (κ2) is 9.19. The van der Waals surface area contributed by atoms with Crippen LogP contribution in [0, 0.1) is 29.2 Å². The number of amides is 1. The molecular formula is C24H22F4N4O. The van der Waals surface area contributed by atoms with Crippen molar-refractivity contribution in [2.24, 2.45) is 11.7 Å². The lowest BCUT2D eigenvalue weighted by molar-refractivity contribution is 0.102. The fourth-order valence-electron chi connectivity index (χ4n) is 4.24. The maximum Gasteiger partial charge on any atom is 0.258 e. The van der Waals surface area contributed by atoms with E-state index in [2.05, 4.69) is 17.2 Å². The summed E-state index contributed by atoms with van der Waals surface area (Å²) in [7, 11) is 0. The van der Waals surface area contributed by atoms with Crippen molar-refractivity contribution < 1.29 is 22.4 Å². The molecule has 0 bridgehead atoms. The molecule has 2 heterocycles. The minimum absolute atomic E-state index is 0.0433. The van der Waals surface area contributed by atoms with Crippen molar-refractivity contribution in [3.63, 3.8) is 0 Å². The molecule has 3 aromatic rings. The Kier molecular flexibility index (Phi) is 6.33. The van der Waals surface area contributed by atoms with Gasteiger partial charge in [0, 0.05) is 25.3 Å². The van der Waals surface area contributed by atoms with E-state index >= 15 is 4.39 Å². The first kappa shape index (κ1) is 22.7. The van der Waals surface area contributed by atoms with Crippen LogP contribution in [-0.2, 0) is 0 Å². The highest BCUT2D eigenvalue weighted by Crippen LogP contribution is 2.34. The van der Waals surface area contributed by atoms with E-state index < -0.39 is 45.9 Å². The lowest BCUT2D eigenvalue weighted by Gasteiger charge is -2.37. The first-order valence-corrected chi connectivity index (χ1v) is 10.4. The molecule has 3 N–H and O–H groups in total. The first-order chi connectivity index (χ1) is 15.8. The summed E-state index contributed by atoms with van der Waals surface area (Å²) < 4.78 is 58.0. The lowest BCUT2D eigenvalue weighted by Crippen LogP contribution is -2.46. The number of nitrogens with one attached hydrogen (secondary N) is 1. The SMILES string of the molecule is C[C@@H]1C[C@H](N)CN(c2ccncc2NC(=O)c2ccc(F)c(-c3c(F)cccc3F)c2F)C1. The van der Waals surface area contributed by atoms with Crippen LogP contribution in [0.15, 0.2) is 48.8 Å². The van der Waals surface area contributed by atoms with Crippen LogP contribution in [0.4, 0.5) is 28.9 Å². The number of piperidine rings is 1. The van der Waals surface area contributed by atoms with E-state index in [0.717, 1.165) is 36.8 Å². The van der Waals surface area contributed by atoms with Gasteiger partial charge in [-0.2, -0.15) is 0 Å². The van der Waals surface area contributed by atoms with Crippen molar-refractivity contribution in [1.29, 1.82) is 0 Å². The molecule has 1 amide bonds. The van der Waals surface area contributed by atoms with Gasteiger partial charge in [-0.05, 0) is 42.7 Å². The number of halogens is 4. The summed E-state index contributed by atoms with van der Waals surface area (Å²) in [5.41, 5.74) is 4.72. The maximum atomic E-state index is 15.2. The molecule has 172 valence electrons. The third kappa shape index (κ3) is 4.54. The zero-order chi connectivity index (χ0) is 23.7. The second-order valence-corrected chi connectivity index (χ2v) is 8.23. The molecule has 2 aromatic carbocycles. The van der Waals surface area contributed by atoms with Crippen molar-refractivity contribution in [2.75, 3.05) is 23.3 Å². The third-order valence-electron chi connectivity index (χ3n) is 5.63. The Morgan fingerprint density at radius 2 is 1.73 bits per heavy atom. The van der Waals surface area contributed by atoms with E-state index in [1.54, 1.807) is 12.3 Å². The van der Waals surface area contributed by atoms with Crippen LogP contribution < -0.4 is 16.0 Å².